The minimum Gasteiger partial charge on any atom is -0.388 e. The van der Waals surface area contributed by atoms with Gasteiger partial charge in [0.15, 0.2) is 0 Å². The van der Waals surface area contributed by atoms with Crippen molar-refractivity contribution in [3.05, 3.63) is 35.9 Å². The normalized spacial score (nSPS) is 23.0. The van der Waals surface area contributed by atoms with Crippen molar-refractivity contribution in [3.8, 4) is 0 Å². The number of aliphatic hydroxyl groups is 1. The summed E-state index contributed by atoms with van der Waals surface area (Å²) in [5.74, 6) is 1.81. The zero-order valence-corrected chi connectivity index (χ0v) is 9.24. The van der Waals surface area contributed by atoms with Gasteiger partial charge in [-0.1, -0.05) is 30.3 Å². The Morgan fingerprint density at radius 3 is 2.73 bits per heavy atom. The predicted molar refractivity (Wildman–Crippen MR) is 61.8 cm³/mol. The maximum absolute atomic E-state index is 11.4. The Balaban J connectivity index is 1.98. The van der Waals surface area contributed by atoms with Gasteiger partial charge < -0.3 is 5.11 Å². The molecule has 80 valence electrons. The first-order valence-corrected chi connectivity index (χ1v) is 6.26. The molecule has 0 radical (unpaired) electrons. The molecule has 3 heteroatoms. The largest absolute Gasteiger partial charge is 0.388 e. The molecule has 1 fully saturated rings. The Bertz CT molecular complexity index is 337. The number of hydrogen-bond donors (Lipinski definition) is 1. The van der Waals surface area contributed by atoms with Crippen LogP contribution < -0.4 is 0 Å². The topological polar surface area (TPSA) is 37.3 Å². The van der Waals surface area contributed by atoms with Gasteiger partial charge in [-0.05, 0) is 12.0 Å². The van der Waals surface area contributed by atoms with Gasteiger partial charge in [0.1, 0.15) is 5.78 Å². The van der Waals surface area contributed by atoms with E-state index in [9.17, 15) is 9.90 Å². The Morgan fingerprint density at radius 1 is 1.40 bits per heavy atom. The molecular weight excluding hydrogens is 208 g/mol. The first-order chi connectivity index (χ1) is 7.27. The summed E-state index contributed by atoms with van der Waals surface area (Å²) < 4.78 is 0. The van der Waals surface area contributed by atoms with Gasteiger partial charge in [-0.25, -0.2) is 0 Å². The lowest BCUT2D eigenvalue weighted by molar-refractivity contribution is -0.120. The maximum Gasteiger partial charge on any atom is 0.146 e. The number of carbonyl (C=O) groups excluding carboxylic acids is 1. The first-order valence-electron chi connectivity index (χ1n) is 5.11. The fourth-order valence-corrected chi connectivity index (χ4v) is 2.95. The minimum atomic E-state index is -0.501. The van der Waals surface area contributed by atoms with Crippen LogP contribution in [0.25, 0.3) is 0 Å². The molecule has 2 nitrogen and oxygen atoms in total. The molecule has 1 N–H and O–H groups in total. The molecule has 1 aliphatic heterocycles. The van der Waals surface area contributed by atoms with E-state index in [0.29, 0.717) is 12.2 Å². The number of rotatable bonds is 3. The van der Waals surface area contributed by atoms with Gasteiger partial charge in [0.2, 0.25) is 0 Å². The molecule has 1 aromatic rings. The van der Waals surface area contributed by atoms with Gasteiger partial charge in [0, 0.05) is 11.7 Å². The van der Waals surface area contributed by atoms with E-state index in [1.807, 2.05) is 30.3 Å². The van der Waals surface area contributed by atoms with Crippen LogP contribution in [-0.4, -0.2) is 22.4 Å². The molecule has 0 spiro atoms. The van der Waals surface area contributed by atoms with Gasteiger partial charge in [-0.15, -0.1) is 0 Å². The van der Waals surface area contributed by atoms with Crippen LogP contribution in [0.2, 0.25) is 0 Å². The lowest BCUT2D eigenvalue weighted by Crippen LogP contribution is -2.15. The number of Topliss-reactive ketones (excluding diaryl/α,β-unsaturated/α-hetero) is 1. The molecule has 15 heavy (non-hydrogen) atoms. The third-order valence-electron chi connectivity index (χ3n) is 2.71. The maximum atomic E-state index is 11.4. The van der Waals surface area contributed by atoms with Crippen molar-refractivity contribution in [1.82, 2.24) is 0 Å². The molecule has 0 aromatic heterocycles. The van der Waals surface area contributed by atoms with Crippen LogP contribution >= 0.6 is 11.8 Å². The van der Waals surface area contributed by atoms with Gasteiger partial charge in [0.05, 0.1) is 11.9 Å². The molecule has 0 aliphatic carbocycles. The third kappa shape index (κ3) is 2.61. The van der Waals surface area contributed by atoms with E-state index in [1.54, 1.807) is 11.8 Å². The Morgan fingerprint density at radius 2 is 2.13 bits per heavy atom. The second-order valence-electron chi connectivity index (χ2n) is 3.84. The van der Waals surface area contributed by atoms with E-state index in [-0.39, 0.29) is 11.7 Å². The van der Waals surface area contributed by atoms with E-state index in [0.717, 1.165) is 11.3 Å². The van der Waals surface area contributed by atoms with Crippen molar-refractivity contribution in [2.24, 2.45) is 5.92 Å². The van der Waals surface area contributed by atoms with Crippen molar-refractivity contribution in [3.63, 3.8) is 0 Å². The number of hydrogen-bond acceptors (Lipinski definition) is 3. The van der Waals surface area contributed by atoms with E-state index in [1.165, 1.54) is 0 Å². The lowest BCUT2D eigenvalue weighted by atomic mass is 9.96. The highest BCUT2D eigenvalue weighted by Gasteiger charge is 2.27. The quantitative estimate of drug-likeness (QED) is 0.850. The van der Waals surface area contributed by atoms with Gasteiger partial charge in [-0.2, -0.15) is 11.8 Å². The number of ketones is 1. The zero-order chi connectivity index (χ0) is 10.7. The highest BCUT2D eigenvalue weighted by molar-refractivity contribution is 8.00. The number of carbonyl (C=O) groups is 1. The van der Waals surface area contributed by atoms with Crippen molar-refractivity contribution in [2.45, 2.75) is 12.5 Å². The second kappa shape index (κ2) is 4.81. The molecule has 2 rings (SSSR count). The second-order valence-corrected chi connectivity index (χ2v) is 4.87. The summed E-state index contributed by atoms with van der Waals surface area (Å²) in [7, 11) is 0. The monoisotopic (exact) mass is 222 g/mol. The summed E-state index contributed by atoms with van der Waals surface area (Å²) in [5.41, 5.74) is 0.905. The fraction of sp³-hybridized carbons (Fsp3) is 0.417. The Kier molecular flexibility index (Phi) is 3.44. The minimum absolute atomic E-state index is 0.0465. The average molecular weight is 222 g/mol. The number of aliphatic hydroxyl groups excluding tert-OH is 1. The van der Waals surface area contributed by atoms with Crippen molar-refractivity contribution in [2.75, 3.05) is 11.5 Å². The summed E-state index contributed by atoms with van der Waals surface area (Å²) in [4.78, 5) is 11.4. The van der Waals surface area contributed by atoms with Crippen LogP contribution in [0.4, 0.5) is 0 Å². The van der Waals surface area contributed by atoms with Crippen LogP contribution in [0, 0.1) is 5.92 Å². The smallest absolute Gasteiger partial charge is 0.146 e. The van der Waals surface area contributed by atoms with Crippen molar-refractivity contribution in [1.29, 1.82) is 0 Å². The predicted octanol–water partition coefficient (Wildman–Crippen LogP) is 2.04. The highest BCUT2D eigenvalue weighted by atomic mass is 32.2. The standard InChI is InChI=1S/C12H14O2S/c13-11(9-4-2-1-3-5-9)6-10-7-15-8-12(10)14/h1-5,10-11,13H,6-8H2. The average Bonchev–Trinajstić information content (AvgIpc) is 2.66. The zero-order valence-electron chi connectivity index (χ0n) is 8.43. The summed E-state index contributed by atoms with van der Waals surface area (Å²) in [6.45, 7) is 0. The highest BCUT2D eigenvalue weighted by Crippen LogP contribution is 2.29. The Hall–Kier alpha value is -0.800. The van der Waals surface area contributed by atoms with Crippen LogP contribution in [0.15, 0.2) is 30.3 Å². The first kappa shape index (κ1) is 10.7. The molecule has 0 amide bonds. The summed E-state index contributed by atoms with van der Waals surface area (Å²) >= 11 is 1.67. The molecule has 1 aliphatic rings. The van der Waals surface area contributed by atoms with Crippen LogP contribution in [0.5, 0.6) is 0 Å². The van der Waals surface area contributed by atoms with Crippen LogP contribution in [0.3, 0.4) is 0 Å². The Labute approximate surface area is 93.7 Å². The van der Waals surface area contributed by atoms with Crippen LogP contribution in [-0.2, 0) is 4.79 Å². The molecular formula is C12H14O2S. The van der Waals surface area contributed by atoms with Crippen molar-refractivity contribution < 1.29 is 9.90 Å². The summed E-state index contributed by atoms with van der Waals surface area (Å²) in [6.07, 6.45) is 0.0643. The number of thioether (sulfide) groups is 1. The molecule has 2 atom stereocenters. The summed E-state index contributed by atoms with van der Waals surface area (Å²) in [6, 6.07) is 9.54. The van der Waals surface area contributed by atoms with Crippen molar-refractivity contribution >= 4 is 17.5 Å². The summed E-state index contributed by atoms with van der Waals surface area (Å²) in [5, 5.41) is 9.94. The number of benzene rings is 1. The van der Waals surface area contributed by atoms with Gasteiger partial charge >= 0.3 is 0 Å². The van der Waals surface area contributed by atoms with Crippen LogP contribution in [0.1, 0.15) is 18.1 Å². The third-order valence-corrected chi connectivity index (χ3v) is 3.84. The van der Waals surface area contributed by atoms with E-state index < -0.39 is 6.10 Å². The lowest BCUT2D eigenvalue weighted by Gasteiger charge is -2.14. The van der Waals surface area contributed by atoms with Gasteiger partial charge in [0.25, 0.3) is 0 Å². The van der Waals surface area contributed by atoms with E-state index in [2.05, 4.69) is 0 Å². The fourth-order valence-electron chi connectivity index (χ4n) is 1.79. The molecule has 1 heterocycles. The van der Waals surface area contributed by atoms with E-state index >= 15 is 0 Å². The van der Waals surface area contributed by atoms with E-state index in [4.69, 9.17) is 0 Å². The SMILES string of the molecule is O=C1CSCC1CC(O)c1ccccc1. The molecule has 0 saturated carbocycles. The molecule has 1 saturated heterocycles. The molecule has 0 bridgehead atoms. The molecule has 2 unspecified atom stereocenters. The molecule has 1 aromatic carbocycles. The van der Waals surface area contributed by atoms with Gasteiger partial charge in [-0.3, -0.25) is 4.79 Å².